The summed E-state index contributed by atoms with van der Waals surface area (Å²) in [6.07, 6.45) is 5.64. The minimum atomic E-state index is -0.419. The second kappa shape index (κ2) is 9.70. The predicted molar refractivity (Wildman–Crippen MR) is 121 cm³/mol. The molecule has 154 valence electrons. The second-order valence-corrected chi connectivity index (χ2v) is 7.24. The van der Waals surface area contributed by atoms with Gasteiger partial charge in [-0.3, -0.25) is 0 Å². The van der Waals surface area contributed by atoms with Crippen LogP contribution in [0.1, 0.15) is 29.0 Å². The molecule has 1 aliphatic rings. The van der Waals surface area contributed by atoms with Crippen molar-refractivity contribution in [2.24, 2.45) is 4.99 Å². The number of isocyanates is 1. The molecule has 0 saturated heterocycles. The van der Waals surface area contributed by atoms with Gasteiger partial charge in [-0.15, -0.1) is 0 Å². The molecular formula is C26H22N2O3. The Balaban J connectivity index is 1.27. The van der Waals surface area contributed by atoms with Crippen LogP contribution >= 0.6 is 0 Å². The minimum absolute atomic E-state index is 0.0550. The number of hydrogen-bond donors (Lipinski definition) is 1. The van der Waals surface area contributed by atoms with Crippen LogP contribution in [0.25, 0.3) is 17.2 Å². The number of nitrogens with one attached hydrogen (secondary N) is 1. The average molecular weight is 410 g/mol. The number of alkyl carbamates (subject to hydrolysis) is 1. The molecule has 0 heterocycles. The number of benzene rings is 3. The number of rotatable bonds is 7. The number of carbonyl (C=O) groups is 1. The SMILES string of the molecule is O=C=Nc1cccc(C=CCCNC(=O)OCC2c3ccccc3-c3ccccc32)c1. The van der Waals surface area contributed by atoms with Crippen LogP contribution in [-0.2, 0) is 9.53 Å². The van der Waals surface area contributed by atoms with Crippen LogP contribution in [0, 0.1) is 0 Å². The molecule has 5 nitrogen and oxygen atoms in total. The largest absolute Gasteiger partial charge is 0.449 e. The van der Waals surface area contributed by atoms with E-state index in [1.165, 1.54) is 28.3 Å². The van der Waals surface area contributed by atoms with E-state index in [9.17, 15) is 9.59 Å². The molecule has 0 bridgehead atoms. The zero-order valence-corrected chi connectivity index (χ0v) is 17.0. The smallest absolute Gasteiger partial charge is 0.407 e. The zero-order valence-electron chi connectivity index (χ0n) is 17.0. The van der Waals surface area contributed by atoms with Gasteiger partial charge in [0.2, 0.25) is 6.08 Å². The molecule has 4 rings (SSSR count). The minimum Gasteiger partial charge on any atom is -0.449 e. The van der Waals surface area contributed by atoms with Gasteiger partial charge in [0.05, 0.1) is 5.69 Å². The van der Waals surface area contributed by atoms with Crippen molar-refractivity contribution >= 4 is 23.9 Å². The van der Waals surface area contributed by atoms with Crippen molar-refractivity contribution in [1.82, 2.24) is 5.32 Å². The summed E-state index contributed by atoms with van der Waals surface area (Å²) in [5, 5.41) is 2.79. The van der Waals surface area contributed by atoms with Crippen LogP contribution in [0.3, 0.4) is 0 Å². The standard InChI is InChI=1S/C26H22N2O3/c29-18-28-20-10-7-9-19(16-20)8-5-6-15-27-26(30)31-17-25-23-13-3-1-11-21(23)22-12-2-4-14-24(22)25/h1-5,7-14,16,25H,6,15,17H2,(H,27,30). The van der Waals surface area contributed by atoms with Gasteiger partial charge < -0.3 is 10.1 Å². The molecule has 0 fully saturated rings. The lowest BCUT2D eigenvalue weighted by Crippen LogP contribution is -2.26. The quantitative estimate of drug-likeness (QED) is 0.313. The number of aliphatic imine (C=N–C) groups is 1. The van der Waals surface area contributed by atoms with Gasteiger partial charge in [0, 0.05) is 12.5 Å². The van der Waals surface area contributed by atoms with Crippen molar-refractivity contribution in [3.8, 4) is 11.1 Å². The first kappa shape index (κ1) is 20.3. The van der Waals surface area contributed by atoms with Crippen LogP contribution < -0.4 is 5.32 Å². The van der Waals surface area contributed by atoms with E-state index in [0.717, 1.165) is 5.56 Å². The molecule has 0 spiro atoms. The Hall–Kier alpha value is -3.95. The van der Waals surface area contributed by atoms with Crippen LogP contribution in [0.15, 0.2) is 83.9 Å². The van der Waals surface area contributed by atoms with E-state index in [2.05, 4.69) is 34.6 Å². The summed E-state index contributed by atoms with van der Waals surface area (Å²) in [6.45, 7) is 0.777. The monoisotopic (exact) mass is 410 g/mol. The molecule has 0 aliphatic heterocycles. The lowest BCUT2D eigenvalue weighted by molar-refractivity contribution is 0.143. The molecule has 1 aliphatic carbocycles. The number of hydrogen-bond acceptors (Lipinski definition) is 4. The maximum atomic E-state index is 12.2. The first-order chi connectivity index (χ1) is 15.3. The summed E-state index contributed by atoms with van der Waals surface area (Å²) in [7, 11) is 0. The van der Waals surface area contributed by atoms with Crippen molar-refractivity contribution in [3.05, 3.63) is 95.6 Å². The Morgan fingerprint density at radius 1 is 1.00 bits per heavy atom. The number of ether oxygens (including phenoxy) is 1. The van der Waals surface area contributed by atoms with Crippen molar-refractivity contribution in [1.29, 1.82) is 0 Å². The maximum Gasteiger partial charge on any atom is 0.407 e. The molecule has 0 saturated carbocycles. The van der Waals surface area contributed by atoms with E-state index in [-0.39, 0.29) is 5.92 Å². The fraction of sp³-hybridized carbons (Fsp3) is 0.154. The van der Waals surface area contributed by atoms with Gasteiger partial charge in [0.25, 0.3) is 0 Å². The van der Waals surface area contributed by atoms with E-state index in [4.69, 9.17) is 4.74 Å². The van der Waals surface area contributed by atoms with Gasteiger partial charge in [0.1, 0.15) is 6.61 Å². The highest BCUT2D eigenvalue weighted by Gasteiger charge is 2.28. The maximum absolute atomic E-state index is 12.2. The highest BCUT2D eigenvalue weighted by molar-refractivity contribution is 5.79. The summed E-state index contributed by atoms with van der Waals surface area (Å²) < 4.78 is 5.52. The Labute approximate surface area is 181 Å². The molecular weight excluding hydrogens is 388 g/mol. The van der Waals surface area contributed by atoms with E-state index >= 15 is 0 Å². The van der Waals surface area contributed by atoms with Crippen LogP contribution in [0.5, 0.6) is 0 Å². The Bertz CT molecular complexity index is 1120. The Kier molecular flexibility index (Phi) is 6.36. The number of nitrogens with zero attached hydrogens (tertiary/aromatic N) is 1. The molecule has 3 aromatic rings. The Morgan fingerprint density at radius 3 is 2.42 bits per heavy atom. The number of fused-ring (bicyclic) bond motifs is 3. The van der Waals surface area contributed by atoms with Crippen LogP contribution in [0.4, 0.5) is 10.5 Å². The number of carbonyl (C=O) groups excluding carboxylic acids is 2. The first-order valence-corrected chi connectivity index (χ1v) is 10.2. The fourth-order valence-corrected chi connectivity index (χ4v) is 3.88. The molecule has 0 aromatic heterocycles. The van der Waals surface area contributed by atoms with E-state index in [1.54, 1.807) is 12.1 Å². The lowest BCUT2D eigenvalue weighted by Gasteiger charge is -2.14. The van der Waals surface area contributed by atoms with E-state index in [1.807, 2.05) is 48.6 Å². The van der Waals surface area contributed by atoms with Gasteiger partial charge in [-0.2, -0.15) is 4.99 Å². The Morgan fingerprint density at radius 2 is 1.71 bits per heavy atom. The van der Waals surface area contributed by atoms with Crippen LogP contribution in [-0.4, -0.2) is 25.3 Å². The van der Waals surface area contributed by atoms with E-state index in [0.29, 0.717) is 25.3 Å². The first-order valence-electron chi connectivity index (χ1n) is 10.2. The average Bonchev–Trinajstić information content (AvgIpc) is 3.12. The lowest BCUT2D eigenvalue weighted by atomic mass is 9.98. The summed E-state index contributed by atoms with van der Waals surface area (Å²) >= 11 is 0. The molecule has 31 heavy (non-hydrogen) atoms. The normalized spacial score (nSPS) is 12.1. The summed E-state index contributed by atoms with van der Waals surface area (Å²) in [5.74, 6) is 0.0550. The summed E-state index contributed by atoms with van der Waals surface area (Å²) in [4.78, 5) is 26.1. The summed E-state index contributed by atoms with van der Waals surface area (Å²) in [6, 6.07) is 23.8. The van der Waals surface area contributed by atoms with Crippen molar-refractivity contribution in [3.63, 3.8) is 0 Å². The van der Waals surface area contributed by atoms with Gasteiger partial charge in [-0.25, -0.2) is 9.59 Å². The van der Waals surface area contributed by atoms with Crippen molar-refractivity contribution < 1.29 is 14.3 Å². The molecule has 1 amide bonds. The van der Waals surface area contributed by atoms with Crippen molar-refractivity contribution in [2.75, 3.05) is 13.2 Å². The topological polar surface area (TPSA) is 67.8 Å². The third kappa shape index (κ3) is 4.80. The highest BCUT2D eigenvalue weighted by atomic mass is 16.5. The molecule has 5 heteroatoms. The van der Waals surface area contributed by atoms with Gasteiger partial charge in [-0.1, -0.05) is 72.8 Å². The van der Waals surface area contributed by atoms with E-state index < -0.39 is 6.09 Å². The molecule has 0 unspecified atom stereocenters. The molecule has 1 N–H and O–H groups in total. The molecule has 0 radical (unpaired) electrons. The number of amides is 1. The third-order valence-electron chi connectivity index (χ3n) is 5.28. The predicted octanol–water partition coefficient (Wildman–Crippen LogP) is 5.60. The third-order valence-corrected chi connectivity index (χ3v) is 5.28. The van der Waals surface area contributed by atoms with Gasteiger partial charge >= 0.3 is 6.09 Å². The zero-order chi connectivity index (χ0) is 21.5. The van der Waals surface area contributed by atoms with Gasteiger partial charge in [0.15, 0.2) is 0 Å². The second-order valence-electron chi connectivity index (χ2n) is 7.24. The molecule has 3 aromatic carbocycles. The van der Waals surface area contributed by atoms with Crippen molar-refractivity contribution in [2.45, 2.75) is 12.3 Å². The van der Waals surface area contributed by atoms with Crippen LogP contribution in [0.2, 0.25) is 0 Å². The highest BCUT2D eigenvalue weighted by Crippen LogP contribution is 2.44. The fourth-order valence-electron chi connectivity index (χ4n) is 3.88. The molecule has 0 atom stereocenters. The summed E-state index contributed by atoms with van der Waals surface area (Å²) in [5.41, 5.74) is 6.30. The van der Waals surface area contributed by atoms with Gasteiger partial charge in [-0.05, 0) is 46.4 Å².